The summed E-state index contributed by atoms with van der Waals surface area (Å²) >= 11 is 6.61. The number of rotatable bonds is 9. The van der Waals surface area contributed by atoms with E-state index in [0.29, 0.717) is 55.7 Å². The molecule has 1 aliphatic carbocycles. The third-order valence-electron chi connectivity index (χ3n) is 7.30. The molecule has 1 N–H and O–H groups in total. The third-order valence-corrected chi connectivity index (χ3v) is 9.33. The molecular formula is C26H35ClF3N3O4S. The molecule has 0 unspecified atom stereocenters. The SMILES string of the molecule is CCc1nc(C(=O)NCC2CCC(S(C)(=O)=O)CC2)c(Cl)n1-c1ccc(CC(C)(C)C(F)(F)F)c(OC)c1. The molecule has 1 aliphatic rings. The Bertz CT molecular complexity index is 1270. The average Bonchev–Trinajstić information content (AvgIpc) is 3.18. The summed E-state index contributed by atoms with van der Waals surface area (Å²) in [6, 6.07) is 4.80. The summed E-state index contributed by atoms with van der Waals surface area (Å²) < 4.78 is 70.9. The van der Waals surface area contributed by atoms with E-state index >= 15 is 0 Å². The summed E-state index contributed by atoms with van der Waals surface area (Å²) in [5.74, 6) is 0.520. The van der Waals surface area contributed by atoms with Gasteiger partial charge in [-0.2, -0.15) is 13.2 Å². The lowest BCUT2D eigenvalue weighted by Gasteiger charge is -2.28. The molecule has 0 spiro atoms. The Morgan fingerprint density at radius 1 is 1.21 bits per heavy atom. The van der Waals surface area contributed by atoms with E-state index in [1.54, 1.807) is 22.8 Å². The van der Waals surface area contributed by atoms with Gasteiger partial charge in [0, 0.05) is 25.3 Å². The zero-order valence-electron chi connectivity index (χ0n) is 22.3. The summed E-state index contributed by atoms with van der Waals surface area (Å²) in [5, 5.41) is 2.63. The van der Waals surface area contributed by atoms with Crippen LogP contribution >= 0.6 is 11.6 Å². The van der Waals surface area contributed by atoms with Gasteiger partial charge in [0.1, 0.15) is 26.6 Å². The Labute approximate surface area is 227 Å². The zero-order chi connectivity index (χ0) is 28.5. The normalized spacial score (nSPS) is 18.9. The van der Waals surface area contributed by atoms with Crippen molar-refractivity contribution in [3.63, 3.8) is 0 Å². The summed E-state index contributed by atoms with van der Waals surface area (Å²) in [4.78, 5) is 17.4. The van der Waals surface area contributed by atoms with E-state index in [4.69, 9.17) is 16.3 Å². The predicted molar refractivity (Wildman–Crippen MR) is 141 cm³/mol. The number of hydrogen-bond donors (Lipinski definition) is 1. The first-order chi connectivity index (χ1) is 17.6. The van der Waals surface area contributed by atoms with Gasteiger partial charge in [-0.3, -0.25) is 9.36 Å². The van der Waals surface area contributed by atoms with Crippen LogP contribution in [0.25, 0.3) is 5.69 Å². The van der Waals surface area contributed by atoms with Gasteiger partial charge >= 0.3 is 6.18 Å². The number of halogens is 4. The van der Waals surface area contributed by atoms with E-state index in [1.807, 2.05) is 6.92 Å². The topological polar surface area (TPSA) is 90.3 Å². The number of methoxy groups -OCH3 is 1. The predicted octanol–water partition coefficient (Wildman–Crippen LogP) is 5.56. The summed E-state index contributed by atoms with van der Waals surface area (Å²) in [7, 11) is -1.67. The van der Waals surface area contributed by atoms with Gasteiger partial charge < -0.3 is 10.1 Å². The molecule has 3 rings (SSSR count). The highest BCUT2D eigenvalue weighted by Gasteiger charge is 2.47. The molecule has 12 heteroatoms. The van der Waals surface area contributed by atoms with Crippen molar-refractivity contribution in [2.45, 2.75) is 70.7 Å². The standard InChI is InChI=1S/C26H35ClF3N3O4S/c1-6-21-32-22(24(34)31-15-16-7-11-19(12-8-16)38(5,35)36)23(27)33(21)18-10-9-17(20(13-18)37-4)14-25(2,3)26(28,29)30/h9-10,13,16,19H,6-8,11-12,14-15H2,1-5H3,(H,31,34). The van der Waals surface area contributed by atoms with Crippen molar-refractivity contribution in [1.82, 2.24) is 14.9 Å². The number of benzene rings is 1. The molecule has 1 fully saturated rings. The van der Waals surface area contributed by atoms with Crippen LogP contribution in [0.15, 0.2) is 18.2 Å². The summed E-state index contributed by atoms with van der Waals surface area (Å²) in [5.41, 5.74) is -0.980. The Kier molecular flexibility index (Phi) is 9.13. The molecular weight excluding hydrogens is 543 g/mol. The molecule has 1 aromatic heterocycles. The lowest BCUT2D eigenvalue weighted by molar-refractivity contribution is -0.211. The van der Waals surface area contributed by atoms with Gasteiger partial charge in [-0.1, -0.05) is 38.4 Å². The van der Waals surface area contributed by atoms with E-state index in [2.05, 4.69) is 10.3 Å². The lowest BCUT2D eigenvalue weighted by Crippen LogP contribution is -2.34. The van der Waals surface area contributed by atoms with Gasteiger partial charge in [0.25, 0.3) is 5.91 Å². The van der Waals surface area contributed by atoms with Crippen molar-refractivity contribution >= 4 is 27.3 Å². The summed E-state index contributed by atoms with van der Waals surface area (Å²) in [6.07, 6.45) is -0.370. The third kappa shape index (κ3) is 6.65. The highest BCUT2D eigenvalue weighted by molar-refractivity contribution is 7.91. The molecule has 0 aliphatic heterocycles. The lowest BCUT2D eigenvalue weighted by atomic mass is 9.84. The molecule has 1 saturated carbocycles. The first kappa shape index (κ1) is 30.3. The van der Waals surface area contributed by atoms with E-state index in [1.165, 1.54) is 13.4 Å². The maximum atomic E-state index is 13.4. The second-order valence-electron chi connectivity index (χ2n) is 10.6. The monoisotopic (exact) mass is 577 g/mol. The Morgan fingerprint density at radius 3 is 2.37 bits per heavy atom. The molecule has 1 amide bonds. The van der Waals surface area contributed by atoms with Crippen LogP contribution in [0.2, 0.25) is 5.15 Å². The number of ether oxygens (including phenoxy) is 1. The molecule has 1 aromatic carbocycles. The number of alkyl halides is 3. The molecule has 7 nitrogen and oxygen atoms in total. The van der Waals surface area contributed by atoms with E-state index in [9.17, 15) is 26.4 Å². The van der Waals surface area contributed by atoms with E-state index < -0.39 is 27.3 Å². The fraction of sp³-hybridized carbons (Fsp3) is 0.615. The number of hydrogen-bond acceptors (Lipinski definition) is 5. The Hall–Kier alpha value is -2.27. The van der Waals surface area contributed by atoms with Crippen LogP contribution in [-0.4, -0.2) is 55.2 Å². The van der Waals surface area contributed by atoms with Gasteiger partial charge in [-0.05, 0) is 49.7 Å². The fourth-order valence-electron chi connectivity index (χ4n) is 4.77. The van der Waals surface area contributed by atoms with Crippen LogP contribution in [0.3, 0.4) is 0 Å². The number of carbonyl (C=O) groups is 1. The molecule has 0 saturated heterocycles. The van der Waals surface area contributed by atoms with Gasteiger partial charge in [0.2, 0.25) is 0 Å². The van der Waals surface area contributed by atoms with Crippen LogP contribution < -0.4 is 10.1 Å². The van der Waals surface area contributed by atoms with E-state index in [-0.39, 0.29) is 34.2 Å². The minimum Gasteiger partial charge on any atom is -0.496 e. The van der Waals surface area contributed by atoms with Crippen molar-refractivity contribution in [2.24, 2.45) is 11.3 Å². The van der Waals surface area contributed by atoms with Gasteiger partial charge in [0.05, 0.1) is 23.5 Å². The highest BCUT2D eigenvalue weighted by atomic mass is 35.5. The highest BCUT2D eigenvalue weighted by Crippen LogP contribution is 2.42. The second kappa shape index (κ2) is 11.5. The quantitative estimate of drug-likeness (QED) is 0.421. The van der Waals surface area contributed by atoms with Crippen molar-refractivity contribution in [2.75, 3.05) is 19.9 Å². The number of imidazole rings is 1. The Morgan fingerprint density at radius 2 is 1.84 bits per heavy atom. The van der Waals surface area contributed by atoms with Crippen LogP contribution in [0.4, 0.5) is 13.2 Å². The molecule has 0 radical (unpaired) electrons. The number of aryl methyl sites for hydroxylation is 1. The molecule has 2 aromatic rings. The van der Waals surface area contributed by atoms with Gasteiger partial charge in [-0.15, -0.1) is 0 Å². The largest absolute Gasteiger partial charge is 0.496 e. The van der Waals surface area contributed by atoms with Crippen LogP contribution in [0.1, 0.15) is 68.3 Å². The van der Waals surface area contributed by atoms with Crippen LogP contribution in [-0.2, 0) is 22.7 Å². The number of nitrogens with zero attached hydrogens (tertiary/aromatic N) is 2. The fourth-order valence-corrected chi connectivity index (χ4v) is 6.22. The minimum absolute atomic E-state index is 0.0505. The number of aromatic nitrogens is 2. The Balaban J connectivity index is 1.79. The molecule has 0 atom stereocenters. The zero-order valence-corrected chi connectivity index (χ0v) is 23.9. The number of nitrogens with one attached hydrogen (secondary N) is 1. The number of sulfone groups is 1. The van der Waals surface area contributed by atoms with Gasteiger partial charge in [-0.25, -0.2) is 13.4 Å². The average molecular weight is 578 g/mol. The molecule has 212 valence electrons. The van der Waals surface area contributed by atoms with Crippen molar-refractivity contribution < 1.29 is 31.1 Å². The van der Waals surface area contributed by atoms with Gasteiger partial charge in [0.15, 0.2) is 5.69 Å². The van der Waals surface area contributed by atoms with Crippen LogP contribution in [0.5, 0.6) is 5.75 Å². The summed E-state index contributed by atoms with van der Waals surface area (Å²) in [6.45, 7) is 4.53. The molecule has 38 heavy (non-hydrogen) atoms. The molecule has 1 heterocycles. The maximum absolute atomic E-state index is 13.4. The smallest absolute Gasteiger partial charge is 0.394 e. The first-order valence-electron chi connectivity index (χ1n) is 12.6. The minimum atomic E-state index is -4.38. The maximum Gasteiger partial charge on any atom is 0.394 e. The number of amides is 1. The van der Waals surface area contributed by atoms with Crippen molar-refractivity contribution in [3.8, 4) is 11.4 Å². The molecule has 0 bridgehead atoms. The van der Waals surface area contributed by atoms with Crippen molar-refractivity contribution in [1.29, 1.82) is 0 Å². The van der Waals surface area contributed by atoms with Crippen LogP contribution in [0, 0.1) is 11.3 Å². The second-order valence-corrected chi connectivity index (χ2v) is 13.3. The van der Waals surface area contributed by atoms with E-state index in [0.717, 1.165) is 13.8 Å². The van der Waals surface area contributed by atoms with Crippen molar-refractivity contribution in [3.05, 3.63) is 40.4 Å². The number of carbonyl (C=O) groups excluding carboxylic acids is 1. The first-order valence-corrected chi connectivity index (χ1v) is 14.9.